The molecule has 3 saturated heterocycles. The number of aromatic nitrogens is 2. The van der Waals surface area contributed by atoms with E-state index < -0.39 is 0 Å². The first-order valence-electron chi connectivity index (χ1n) is 7.22. The first kappa shape index (κ1) is 12.7. The molecule has 3 aliphatic heterocycles. The zero-order valence-electron chi connectivity index (χ0n) is 11.7. The molecule has 0 aromatic carbocycles. The van der Waals surface area contributed by atoms with Gasteiger partial charge in [-0.1, -0.05) is 0 Å². The third-order valence-electron chi connectivity index (χ3n) is 4.09. The molecule has 4 rings (SSSR count). The highest BCUT2D eigenvalue weighted by Crippen LogP contribution is 2.29. The normalized spacial score (nSPS) is 29.3. The van der Waals surface area contributed by atoms with Crippen molar-refractivity contribution in [2.75, 3.05) is 31.6 Å². The first-order chi connectivity index (χ1) is 9.24. The van der Waals surface area contributed by atoms with Crippen molar-refractivity contribution in [1.29, 1.82) is 0 Å². The van der Waals surface area contributed by atoms with Gasteiger partial charge in [-0.3, -0.25) is 0 Å². The van der Waals surface area contributed by atoms with Gasteiger partial charge in [0.05, 0.1) is 6.61 Å². The van der Waals surface area contributed by atoms with Crippen LogP contribution in [0.15, 0.2) is 6.07 Å². The Morgan fingerprint density at radius 3 is 2.79 bits per heavy atom. The fraction of sp³-hybridized carbons (Fsp3) is 0.714. The molecule has 5 heteroatoms. The van der Waals surface area contributed by atoms with Gasteiger partial charge >= 0.3 is 0 Å². The summed E-state index contributed by atoms with van der Waals surface area (Å²) in [7, 11) is 0. The van der Waals surface area contributed by atoms with Gasteiger partial charge in [-0.2, -0.15) is 4.98 Å². The van der Waals surface area contributed by atoms with Gasteiger partial charge in [0.25, 0.3) is 0 Å². The molecule has 3 fully saturated rings. The van der Waals surface area contributed by atoms with Gasteiger partial charge in [0.2, 0.25) is 11.8 Å². The quantitative estimate of drug-likeness (QED) is 0.895. The molecule has 4 heterocycles. The lowest BCUT2D eigenvalue weighted by molar-refractivity contribution is 0.0971. The number of rotatable bonds is 4. The number of nitrogens with zero attached hydrogens (tertiary/aromatic N) is 3. The van der Waals surface area contributed by atoms with Gasteiger partial charge in [-0.25, -0.2) is 4.98 Å². The maximum Gasteiger partial charge on any atom is 0.226 e. The molecule has 0 radical (unpaired) electrons. The maximum absolute atomic E-state index is 5.48. The minimum atomic E-state index is 0.485. The van der Waals surface area contributed by atoms with Crippen LogP contribution in [0.25, 0.3) is 0 Å². The summed E-state index contributed by atoms with van der Waals surface area (Å²) in [4.78, 5) is 11.4. The highest BCUT2D eigenvalue weighted by atomic mass is 16.5. The molecule has 5 nitrogen and oxygen atoms in total. The maximum atomic E-state index is 5.48. The average Bonchev–Trinajstić information content (AvgIpc) is 2.39. The summed E-state index contributed by atoms with van der Waals surface area (Å²) >= 11 is 0. The molecular formula is C14H22N4O. The van der Waals surface area contributed by atoms with Crippen LogP contribution in [-0.4, -0.2) is 47.2 Å². The third-order valence-corrected chi connectivity index (χ3v) is 4.09. The fourth-order valence-corrected chi connectivity index (χ4v) is 3.12. The lowest BCUT2D eigenvalue weighted by atomic mass is 9.84. The van der Waals surface area contributed by atoms with E-state index in [1.807, 2.05) is 19.9 Å². The summed E-state index contributed by atoms with van der Waals surface area (Å²) in [5.41, 5.74) is 0.947. The van der Waals surface area contributed by atoms with E-state index in [4.69, 9.17) is 4.74 Å². The van der Waals surface area contributed by atoms with E-state index in [0.717, 1.165) is 18.2 Å². The molecule has 1 aromatic heterocycles. The van der Waals surface area contributed by atoms with Crippen molar-refractivity contribution in [2.24, 2.45) is 5.92 Å². The number of anilines is 1. The smallest absolute Gasteiger partial charge is 0.226 e. The summed E-state index contributed by atoms with van der Waals surface area (Å²) in [5.74, 6) is 2.14. The topological polar surface area (TPSA) is 50.3 Å². The van der Waals surface area contributed by atoms with Crippen LogP contribution in [0.5, 0.6) is 5.88 Å². The van der Waals surface area contributed by atoms with Crippen LogP contribution < -0.4 is 10.1 Å². The summed E-state index contributed by atoms with van der Waals surface area (Å²) in [6.07, 6.45) is 2.59. The second-order valence-electron chi connectivity index (χ2n) is 5.49. The number of fused-ring (bicyclic) bond motifs is 3. The molecule has 0 spiro atoms. The number of nitrogens with one attached hydrogen (secondary N) is 1. The summed E-state index contributed by atoms with van der Waals surface area (Å²) in [6.45, 7) is 8.20. The molecule has 1 aromatic rings. The Kier molecular flexibility index (Phi) is 3.55. The summed E-state index contributed by atoms with van der Waals surface area (Å²) in [6, 6.07) is 2.37. The second-order valence-corrected chi connectivity index (χ2v) is 5.49. The van der Waals surface area contributed by atoms with E-state index in [9.17, 15) is 0 Å². The minimum Gasteiger partial charge on any atom is -0.478 e. The highest BCUT2D eigenvalue weighted by Gasteiger charge is 2.34. The second kappa shape index (κ2) is 5.33. The van der Waals surface area contributed by atoms with E-state index >= 15 is 0 Å². The molecule has 2 bridgehead atoms. The predicted molar refractivity (Wildman–Crippen MR) is 74.5 cm³/mol. The number of hydrogen-bond donors (Lipinski definition) is 1. The van der Waals surface area contributed by atoms with Crippen molar-refractivity contribution in [3.05, 3.63) is 11.8 Å². The Hall–Kier alpha value is -1.36. The monoisotopic (exact) mass is 262 g/mol. The summed E-state index contributed by atoms with van der Waals surface area (Å²) < 4.78 is 5.48. The van der Waals surface area contributed by atoms with Crippen LogP contribution >= 0.6 is 0 Å². The zero-order valence-corrected chi connectivity index (χ0v) is 11.7. The first-order valence-corrected chi connectivity index (χ1v) is 7.22. The average molecular weight is 262 g/mol. The van der Waals surface area contributed by atoms with Crippen molar-refractivity contribution < 1.29 is 4.74 Å². The Balaban J connectivity index is 1.72. The lowest BCUT2D eigenvalue weighted by Crippen LogP contribution is -2.53. The number of piperidine rings is 3. The van der Waals surface area contributed by atoms with Crippen LogP contribution in [-0.2, 0) is 0 Å². The van der Waals surface area contributed by atoms with E-state index in [0.29, 0.717) is 24.5 Å². The minimum absolute atomic E-state index is 0.485. The lowest BCUT2D eigenvalue weighted by Gasteiger charge is -2.44. The molecule has 0 amide bonds. The van der Waals surface area contributed by atoms with E-state index in [-0.39, 0.29) is 0 Å². The van der Waals surface area contributed by atoms with E-state index in [1.54, 1.807) is 0 Å². The molecular weight excluding hydrogens is 240 g/mol. The van der Waals surface area contributed by atoms with Gasteiger partial charge in [0.1, 0.15) is 0 Å². The standard InChI is InChI=1S/C14H22N4O/c1-3-19-13-8-10(2)15-14(17-13)16-12-9-18-6-4-11(12)5-7-18/h8,11-12H,3-7,9H2,1-2H3,(H,15,16,17). The number of aryl methyl sites for hydroxylation is 1. The molecule has 104 valence electrons. The molecule has 3 aliphatic rings. The van der Waals surface area contributed by atoms with E-state index in [1.165, 1.54) is 25.9 Å². The Labute approximate surface area is 114 Å². The predicted octanol–water partition coefficient (Wildman–Crippen LogP) is 1.69. The zero-order chi connectivity index (χ0) is 13.2. The van der Waals surface area contributed by atoms with Crippen molar-refractivity contribution in [3.8, 4) is 5.88 Å². The van der Waals surface area contributed by atoms with Crippen molar-refractivity contribution >= 4 is 5.95 Å². The fourth-order valence-electron chi connectivity index (χ4n) is 3.12. The van der Waals surface area contributed by atoms with Crippen molar-refractivity contribution in [1.82, 2.24) is 14.9 Å². The Morgan fingerprint density at radius 1 is 1.37 bits per heavy atom. The molecule has 1 atom stereocenters. The van der Waals surface area contributed by atoms with Crippen LogP contribution in [0.4, 0.5) is 5.95 Å². The van der Waals surface area contributed by atoms with Crippen LogP contribution in [0, 0.1) is 12.8 Å². The molecule has 0 aliphatic carbocycles. The van der Waals surface area contributed by atoms with E-state index in [2.05, 4.69) is 20.2 Å². The molecule has 19 heavy (non-hydrogen) atoms. The molecule has 0 saturated carbocycles. The largest absolute Gasteiger partial charge is 0.478 e. The third kappa shape index (κ3) is 2.81. The SMILES string of the molecule is CCOc1cc(C)nc(NC2CN3CCC2CC3)n1. The van der Waals surface area contributed by atoms with Gasteiger partial charge in [-0.15, -0.1) is 0 Å². The highest BCUT2D eigenvalue weighted by molar-refractivity contribution is 5.32. The van der Waals surface area contributed by atoms with Crippen LogP contribution in [0.3, 0.4) is 0 Å². The number of ether oxygens (including phenoxy) is 1. The Bertz CT molecular complexity index is 443. The summed E-state index contributed by atoms with van der Waals surface area (Å²) in [5, 5.41) is 3.51. The van der Waals surface area contributed by atoms with Gasteiger partial charge in [0.15, 0.2) is 0 Å². The number of hydrogen-bond acceptors (Lipinski definition) is 5. The van der Waals surface area contributed by atoms with Gasteiger partial charge in [0, 0.05) is 24.3 Å². The van der Waals surface area contributed by atoms with Crippen LogP contribution in [0.2, 0.25) is 0 Å². The van der Waals surface area contributed by atoms with Crippen molar-refractivity contribution in [3.63, 3.8) is 0 Å². The van der Waals surface area contributed by atoms with Crippen molar-refractivity contribution in [2.45, 2.75) is 32.7 Å². The van der Waals surface area contributed by atoms with Gasteiger partial charge < -0.3 is 15.0 Å². The van der Waals surface area contributed by atoms with Gasteiger partial charge in [-0.05, 0) is 45.7 Å². The Morgan fingerprint density at radius 2 is 2.16 bits per heavy atom. The van der Waals surface area contributed by atoms with Crippen LogP contribution in [0.1, 0.15) is 25.5 Å². The molecule has 1 N–H and O–H groups in total. The molecule has 1 unspecified atom stereocenters.